The Labute approximate surface area is 135 Å². The summed E-state index contributed by atoms with van der Waals surface area (Å²) in [5, 5.41) is 3.13. The number of aromatic nitrogens is 2. The van der Waals surface area contributed by atoms with Crippen LogP contribution in [0, 0.1) is 0 Å². The number of benzene rings is 2. The monoisotopic (exact) mass is 305 g/mol. The molecule has 0 radical (unpaired) electrons. The first-order valence-corrected chi connectivity index (χ1v) is 7.65. The van der Waals surface area contributed by atoms with Crippen molar-refractivity contribution in [3.05, 3.63) is 90.5 Å². The van der Waals surface area contributed by atoms with Crippen molar-refractivity contribution in [2.24, 2.45) is 0 Å². The van der Waals surface area contributed by atoms with E-state index in [0.29, 0.717) is 0 Å². The Balaban J connectivity index is 1.73. The molecular formula is C19H19N3O. The molecule has 1 amide bonds. The molecule has 0 aliphatic heterocycles. The number of carbonyl (C=O) groups excluding carboxylic acids is 1. The second kappa shape index (κ2) is 7.40. The van der Waals surface area contributed by atoms with Crippen LogP contribution in [0.2, 0.25) is 0 Å². The van der Waals surface area contributed by atoms with Gasteiger partial charge in [-0.2, -0.15) is 0 Å². The van der Waals surface area contributed by atoms with Crippen LogP contribution >= 0.6 is 0 Å². The van der Waals surface area contributed by atoms with Crippen molar-refractivity contribution in [2.45, 2.75) is 19.0 Å². The Morgan fingerprint density at radius 3 is 2.39 bits per heavy atom. The molecule has 0 bridgehead atoms. The van der Waals surface area contributed by atoms with Crippen molar-refractivity contribution < 1.29 is 4.79 Å². The van der Waals surface area contributed by atoms with Crippen molar-refractivity contribution in [1.82, 2.24) is 14.9 Å². The Morgan fingerprint density at radius 1 is 1.04 bits per heavy atom. The van der Waals surface area contributed by atoms with Gasteiger partial charge in [0, 0.05) is 12.4 Å². The molecule has 3 aromatic rings. The molecule has 4 heteroatoms. The fourth-order valence-corrected chi connectivity index (χ4v) is 2.57. The van der Waals surface area contributed by atoms with E-state index in [1.54, 1.807) is 23.3 Å². The molecule has 1 N–H and O–H groups in total. The summed E-state index contributed by atoms with van der Waals surface area (Å²) < 4.78 is 1.76. The highest BCUT2D eigenvalue weighted by molar-refractivity contribution is 5.76. The molecular weight excluding hydrogens is 286 g/mol. The van der Waals surface area contributed by atoms with Crippen LogP contribution < -0.4 is 5.32 Å². The third-order valence-electron chi connectivity index (χ3n) is 3.71. The zero-order valence-electron chi connectivity index (χ0n) is 12.8. The van der Waals surface area contributed by atoms with E-state index in [1.165, 1.54) is 5.56 Å². The van der Waals surface area contributed by atoms with Gasteiger partial charge in [-0.25, -0.2) is 4.98 Å². The summed E-state index contributed by atoms with van der Waals surface area (Å²) in [6.45, 7) is 0.276. The van der Waals surface area contributed by atoms with E-state index in [9.17, 15) is 4.79 Å². The number of hydrogen-bond donors (Lipinski definition) is 1. The maximum absolute atomic E-state index is 12.3. The predicted molar refractivity (Wildman–Crippen MR) is 89.7 cm³/mol. The minimum absolute atomic E-state index is 0.0206. The lowest BCUT2D eigenvalue weighted by Gasteiger charge is -2.19. The van der Waals surface area contributed by atoms with Gasteiger partial charge in [0.25, 0.3) is 0 Å². The summed E-state index contributed by atoms with van der Waals surface area (Å²) in [7, 11) is 0. The van der Waals surface area contributed by atoms with E-state index in [2.05, 4.69) is 22.4 Å². The summed E-state index contributed by atoms with van der Waals surface area (Å²) in [6, 6.07) is 20.2. The zero-order chi connectivity index (χ0) is 15.9. The standard InChI is InChI=1S/C19H19N3O/c23-19(14-22-12-11-20-15-22)21-18(17-9-5-2-6-10-17)13-16-7-3-1-4-8-16/h1-12,15,18H,13-14H2,(H,21,23)/t18-/m0/s1. The molecule has 23 heavy (non-hydrogen) atoms. The second-order valence-corrected chi connectivity index (χ2v) is 5.46. The van der Waals surface area contributed by atoms with E-state index in [0.717, 1.165) is 12.0 Å². The topological polar surface area (TPSA) is 46.9 Å². The summed E-state index contributed by atoms with van der Waals surface area (Å²) in [6.07, 6.45) is 5.87. The van der Waals surface area contributed by atoms with Crippen molar-refractivity contribution in [2.75, 3.05) is 0 Å². The van der Waals surface area contributed by atoms with E-state index >= 15 is 0 Å². The molecule has 116 valence electrons. The van der Waals surface area contributed by atoms with Crippen LogP contribution in [0.25, 0.3) is 0 Å². The predicted octanol–water partition coefficient (Wildman–Crippen LogP) is 2.98. The van der Waals surface area contributed by atoms with Crippen LogP contribution in [0.5, 0.6) is 0 Å². The average molecular weight is 305 g/mol. The van der Waals surface area contributed by atoms with Crippen LogP contribution in [0.15, 0.2) is 79.4 Å². The average Bonchev–Trinajstić information content (AvgIpc) is 3.09. The van der Waals surface area contributed by atoms with Gasteiger partial charge in [0.05, 0.1) is 12.4 Å². The number of rotatable bonds is 6. The number of carbonyl (C=O) groups is 1. The van der Waals surface area contributed by atoms with Gasteiger partial charge in [-0.1, -0.05) is 60.7 Å². The van der Waals surface area contributed by atoms with E-state index in [1.807, 2.05) is 48.5 Å². The van der Waals surface area contributed by atoms with Crippen molar-refractivity contribution in [1.29, 1.82) is 0 Å². The Hall–Kier alpha value is -2.88. The molecule has 0 spiro atoms. The highest BCUT2D eigenvalue weighted by Crippen LogP contribution is 2.18. The van der Waals surface area contributed by atoms with Crippen molar-refractivity contribution in [3.8, 4) is 0 Å². The lowest BCUT2D eigenvalue weighted by Crippen LogP contribution is -2.32. The highest BCUT2D eigenvalue weighted by atomic mass is 16.2. The summed E-state index contributed by atoms with van der Waals surface area (Å²) in [4.78, 5) is 16.3. The Kier molecular flexibility index (Phi) is 4.84. The van der Waals surface area contributed by atoms with Gasteiger partial charge in [-0.15, -0.1) is 0 Å². The number of imidazole rings is 1. The first-order chi connectivity index (χ1) is 11.3. The van der Waals surface area contributed by atoms with Crippen LogP contribution in [0.4, 0.5) is 0 Å². The van der Waals surface area contributed by atoms with Gasteiger partial charge in [-0.3, -0.25) is 4.79 Å². The normalized spacial score (nSPS) is 11.8. The minimum Gasteiger partial charge on any atom is -0.347 e. The molecule has 0 aliphatic carbocycles. The van der Waals surface area contributed by atoms with E-state index in [-0.39, 0.29) is 18.5 Å². The van der Waals surface area contributed by atoms with E-state index < -0.39 is 0 Å². The quantitative estimate of drug-likeness (QED) is 0.761. The smallest absolute Gasteiger partial charge is 0.240 e. The fourth-order valence-electron chi connectivity index (χ4n) is 2.57. The maximum atomic E-state index is 12.3. The van der Waals surface area contributed by atoms with Gasteiger partial charge in [0.2, 0.25) is 5.91 Å². The number of amides is 1. The molecule has 0 saturated carbocycles. The Bertz CT molecular complexity index is 724. The largest absolute Gasteiger partial charge is 0.347 e. The highest BCUT2D eigenvalue weighted by Gasteiger charge is 2.15. The molecule has 3 rings (SSSR count). The first-order valence-electron chi connectivity index (χ1n) is 7.65. The van der Waals surface area contributed by atoms with Crippen molar-refractivity contribution >= 4 is 5.91 Å². The minimum atomic E-state index is -0.0466. The third kappa shape index (κ3) is 4.30. The van der Waals surface area contributed by atoms with Gasteiger partial charge < -0.3 is 9.88 Å². The number of nitrogens with one attached hydrogen (secondary N) is 1. The Morgan fingerprint density at radius 2 is 1.74 bits per heavy atom. The molecule has 1 atom stereocenters. The van der Waals surface area contributed by atoms with Gasteiger partial charge in [0.15, 0.2) is 0 Å². The zero-order valence-corrected chi connectivity index (χ0v) is 12.8. The molecule has 4 nitrogen and oxygen atoms in total. The fraction of sp³-hybridized carbons (Fsp3) is 0.158. The number of nitrogens with zero attached hydrogens (tertiary/aromatic N) is 2. The van der Waals surface area contributed by atoms with Crippen LogP contribution in [0.3, 0.4) is 0 Å². The second-order valence-electron chi connectivity index (χ2n) is 5.46. The van der Waals surface area contributed by atoms with Crippen LogP contribution in [-0.2, 0) is 17.8 Å². The van der Waals surface area contributed by atoms with Gasteiger partial charge in [0.1, 0.15) is 6.54 Å². The molecule has 1 aromatic heterocycles. The van der Waals surface area contributed by atoms with Gasteiger partial charge in [-0.05, 0) is 17.5 Å². The molecule has 0 saturated heterocycles. The molecule has 2 aromatic carbocycles. The molecule has 1 heterocycles. The van der Waals surface area contributed by atoms with Crippen LogP contribution in [0.1, 0.15) is 17.2 Å². The SMILES string of the molecule is O=C(Cn1ccnc1)N[C@@H](Cc1ccccc1)c1ccccc1. The lowest BCUT2D eigenvalue weighted by atomic mass is 9.99. The van der Waals surface area contributed by atoms with Crippen molar-refractivity contribution in [3.63, 3.8) is 0 Å². The van der Waals surface area contributed by atoms with E-state index in [4.69, 9.17) is 0 Å². The lowest BCUT2D eigenvalue weighted by molar-refractivity contribution is -0.122. The number of hydrogen-bond acceptors (Lipinski definition) is 2. The summed E-state index contributed by atoms with van der Waals surface area (Å²) >= 11 is 0. The van der Waals surface area contributed by atoms with Crippen LogP contribution in [-0.4, -0.2) is 15.5 Å². The molecule has 0 unspecified atom stereocenters. The molecule has 0 aliphatic rings. The summed E-state index contributed by atoms with van der Waals surface area (Å²) in [5.74, 6) is -0.0206. The van der Waals surface area contributed by atoms with Gasteiger partial charge >= 0.3 is 0 Å². The summed E-state index contributed by atoms with van der Waals surface area (Å²) in [5.41, 5.74) is 2.31. The third-order valence-corrected chi connectivity index (χ3v) is 3.71. The maximum Gasteiger partial charge on any atom is 0.240 e. The molecule has 0 fully saturated rings. The first kappa shape index (κ1) is 15.0.